The molecule has 0 spiro atoms. The molecule has 30 heavy (non-hydrogen) atoms. The van der Waals surface area contributed by atoms with Gasteiger partial charge in [0.05, 0.1) is 32.5 Å². The van der Waals surface area contributed by atoms with E-state index < -0.39 is 7.59 Å². The third-order valence-electron chi connectivity index (χ3n) is 4.43. The molecule has 2 nitrogen and oxygen atoms in total. The summed E-state index contributed by atoms with van der Waals surface area (Å²) < 4.78 is -3.33. The monoisotopic (exact) mass is 556 g/mol. The number of benzene rings is 2. The van der Waals surface area contributed by atoms with Crippen molar-refractivity contribution in [3.63, 3.8) is 0 Å². The van der Waals surface area contributed by atoms with Gasteiger partial charge in [0.15, 0.2) is 0 Å². The molecule has 0 atom stereocenters. The number of aromatic nitrogens is 2. The van der Waals surface area contributed by atoms with Gasteiger partial charge in [0.2, 0.25) is 7.59 Å². The van der Waals surface area contributed by atoms with Crippen molar-refractivity contribution in [1.82, 2.24) is 9.97 Å². The Labute approximate surface area is 211 Å². The molecular formula is C20H8Cl8N2. The van der Waals surface area contributed by atoms with Gasteiger partial charge in [0, 0.05) is 10.8 Å². The Kier molecular flexibility index (Phi) is 6.20. The smallest absolute Gasteiger partial charge is 0.232 e. The highest BCUT2D eigenvalue weighted by Gasteiger charge is 2.27. The molecule has 0 fully saturated rings. The van der Waals surface area contributed by atoms with Crippen LogP contribution in [0.15, 0.2) is 48.5 Å². The Morgan fingerprint density at radius 3 is 1.23 bits per heavy atom. The van der Waals surface area contributed by atoms with Gasteiger partial charge in [-0.3, -0.25) is 0 Å². The Morgan fingerprint density at radius 1 is 0.533 bits per heavy atom. The van der Waals surface area contributed by atoms with Crippen molar-refractivity contribution in [1.29, 1.82) is 0 Å². The second-order valence-corrected chi connectivity index (χ2v) is 11.8. The van der Waals surface area contributed by atoms with Gasteiger partial charge in [-0.15, -0.1) is 0 Å². The van der Waals surface area contributed by atoms with Crippen LogP contribution in [0.1, 0.15) is 11.4 Å². The largest absolute Gasteiger partial charge is 0.248 e. The maximum absolute atomic E-state index is 6.42. The molecule has 0 unspecified atom stereocenters. The lowest BCUT2D eigenvalue weighted by Gasteiger charge is -2.14. The van der Waals surface area contributed by atoms with E-state index in [1.54, 1.807) is 12.1 Å². The Bertz CT molecular complexity index is 1190. The fourth-order valence-electron chi connectivity index (χ4n) is 3.02. The SMILES string of the molecule is Clc1cc(C(Cl)(Cl)Cl)nc2ccc(-c3ccc4nc(C(Cl)(Cl)Cl)cc(Cl)c4c3)cc12. The second-order valence-electron chi connectivity index (χ2n) is 6.44. The summed E-state index contributed by atoms with van der Waals surface area (Å²) in [4.78, 5) is 8.78. The number of nitrogens with zero attached hydrogens (tertiary/aromatic N) is 2. The zero-order chi connectivity index (χ0) is 21.8. The van der Waals surface area contributed by atoms with Crippen molar-refractivity contribution in [2.75, 3.05) is 0 Å². The van der Waals surface area contributed by atoms with Crippen LogP contribution in [0.4, 0.5) is 0 Å². The number of pyridine rings is 2. The van der Waals surface area contributed by atoms with Crippen LogP contribution in [-0.2, 0) is 7.59 Å². The van der Waals surface area contributed by atoms with Crippen molar-refractivity contribution in [2.24, 2.45) is 0 Å². The summed E-state index contributed by atoms with van der Waals surface area (Å²) in [5.41, 5.74) is 3.53. The summed E-state index contributed by atoms with van der Waals surface area (Å²) in [7, 11) is 0. The predicted octanol–water partition coefficient (Wildman–Crippen LogP) is 9.41. The molecule has 0 bridgehead atoms. The zero-order valence-corrected chi connectivity index (χ0v) is 20.6. The first kappa shape index (κ1) is 22.8. The van der Waals surface area contributed by atoms with E-state index in [2.05, 4.69) is 9.97 Å². The van der Waals surface area contributed by atoms with Gasteiger partial charge in [-0.25, -0.2) is 9.97 Å². The summed E-state index contributed by atoms with van der Waals surface area (Å²) in [5, 5.41) is 2.30. The van der Waals surface area contributed by atoms with Crippen LogP contribution in [0, 0.1) is 0 Å². The van der Waals surface area contributed by atoms with Crippen molar-refractivity contribution < 1.29 is 0 Å². The quantitative estimate of drug-likeness (QED) is 0.217. The van der Waals surface area contributed by atoms with Crippen molar-refractivity contribution in [3.8, 4) is 11.1 Å². The van der Waals surface area contributed by atoms with E-state index in [1.807, 2.05) is 36.4 Å². The molecule has 10 heteroatoms. The minimum absolute atomic E-state index is 0.256. The normalized spacial score (nSPS) is 12.7. The van der Waals surface area contributed by atoms with E-state index in [9.17, 15) is 0 Å². The van der Waals surface area contributed by atoms with Crippen LogP contribution in [0.3, 0.4) is 0 Å². The fourth-order valence-corrected chi connectivity index (χ4v) is 4.11. The Morgan fingerprint density at radius 2 is 0.900 bits per heavy atom. The molecule has 0 radical (unpaired) electrons. The van der Waals surface area contributed by atoms with Gasteiger partial charge in [-0.2, -0.15) is 0 Å². The molecule has 154 valence electrons. The van der Waals surface area contributed by atoms with Crippen LogP contribution < -0.4 is 0 Å². The lowest BCUT2D eigenvalue weighted by atomic mass is 10.0. The Hall–Kier alpha value is -0.420. The topological polar surface area (TPSA) is 25.8 Å². The average Bonchev–Trinajstić information content (AvgIpc) is 2.66. The van der Waals surface area contributed by atoms with Gasteiger partial charge in [0.25, 0.3) is 0 Å². The van der Waals surface area contributed by atoms with Crippen LogP contribution in [0.2, 0.25) is 10.0 Å². The number of alkyl halides is 6. The molecule has 0 aliphatic carbocycles. The van der Waals surface area contributed by atoms with Gasteiger partial charge in [-0.05, 0) is 47.5 Å². The van der Waals surface area contributed by atoms with Crippen molar-refractivity contribution >= 4 is 115 Å². The van der Waals surface area contributed by atoms with Crippen LogP contribution in [-0.4, -0.2) is 9.97 Å². The Balaban J connectivity index is 1.83. The minimum Gasteiger partial charge on any atom is -0.248 e. The van der Waals surface area contributed by atoms with E-state index in [4.69, 9.17) is 92.8 Å². The number of rotatable bonds is 1. The van der Waals surface area contributed by atoms with E-state index in [0.717, 1.165) is 21.9 Å². The molecule has 0 amide bonds. The fraction of sp³-hybridized carbons (Fsp3) is 0.100. The van der Waals surface area contributed by atoms with E-state index in [0.29, 0.717) is 21.1 Å². The summed E-state index contributed by atoms with van der Waals surface area (Å²) in [6.07, 6.45) is 0. The summed E-state index contributed by atoms with van der Waals surface area (Å²) >= 11 is 48.5. The minimum atomic E-state index is -1.66. The molecular weight excluding hydrogens is 552 g/mol. The van der Waals surface area contributed by atoms with Crippen molar-refractivity contribution in [3.05, 3.63) is 70.0 Å². The molecule has 0 aliphatic rings. The number of halogens is 8. The highest BCUT2D eigenvalue weighted by molar-refractivity contribution is 6.67. The molecule has 0 saturated carbocycles. The third kappa shape index (κ3) is 4.53. The van der Waals surface area contributed by atoms with Crippen LogP contribution >= 0.6 is 92.8 Å². The first-order chi connectivity index (χ1) is 13.9. The summed E-state index contributed by atoms with van der Waals surface area (Å²) in [5.74, 6) is 0. The molecule has 2 aromatic heterocycles. The van der Waals surface area contributed by atoms with Crippen LogP contribution in [0.25, 0.3) is 32.9 Å². The van der Waals surface area contributed by atoms with Gasteiger partial charge in [0.1, 0.15) is 0 Å². The molecule has 0 saturated heterocycles. The lowest BCUT2D eigenvalue weighted by molar-refractivity contribution is 1.12. The van der Waals surface area contributed by atoms with E-state index in [-0.39, 0.29) is 11.4 Å². The van der Waals surface area contributed by atoms with Crippen molar-refractivity contribution in [2.45, 2.75) is 7.59 Å². The molecule has 0 N–H and O–H groups in total. The molecule has 2 aromatic carbocycles. The van der Waals surface area contributed by atoms with Gasteiger partial charge >= 0.3 is 0 Å². The first-order valence-electron chi connectivity index (χ1n) is 8.29. The zero-order valence-electron chi connectivity index (χ0n) is 14.5. The third-order valence-corrected chi connectivity index (χ3v) is 6.22. The summed E-state index contributed by atoms with van der Waals surface area (Å²) in [6, 6.07) is 14.3. The van der Waals surface area contributed by atoms with E-state index >= 15 is 0 Å². The predicted molar refractivity (Wildman–Crippen MR) is 131 cm³/mol. The standard InChI is InChI=1S/C20H8Cl8N2/c21-13-7-17(19(23,24)25)29-15-3-1-9(5-11(13)15)10-2-4-16-12(6-10)14(22)8-18(30-16)20(26,27)28/h1-8H. The number of hydrogen-bond donors (Lipinski definition) is 0. The second kappa shape index (κ2) is 8.17. The molecule has 4 aromatic rings. The first-order valence-corrected chi connectivity index (χ1v) is 11.3. The maximum Gasteiger partial charge on any atom is 0.232 e. The van der Waals surface area contributed by atoms with Gasteiger partial charge < -0.3 is 0 Å². The highest BCUT2D eigenvalue weighted by Crippen LogP contribution is 2.41. The van der Waals surface area contributed by atoms with Crippen LogP contribution in [0.5, 0.6) is 0 Å². The maximum atomic E-state index is 6.42. The van der Waals surface area contributed by atoms with E-state index in [1.165, 1.54) is 0 Å². The number of hydrogen-bond acceptors (Lipinski definition) is 2. The highest BCUT2D eigenvalue weighted by atomic mass is 35.6. The summed E-state index contributed by atoms with van der Waals surface area (Å²) in [6.45, 7) is 0. The van der Waals surface area contributed by atoms with Gasteiger partial charge in [-0.1, -0.05) is 105 Å². The molecule has 2 heterocycles. The number of fused-ring (bicyclic) bond motifs is 2. The molecule has 4 rings (SSSR count). The lowest BCUT2D eigenvalue weighted by Crippen LogP contribution is -2.04. The average molecular weight is 560 g/mol. The molecule has 0 aliphatic heterocycles.